The van der Waals surface area contributed by atoms with Crippen LogP contribution in [0.1, 0.15) is 6.92 Å². The van der Waals surface area contributed by atoms with Gasteiger partial charge < -0.3 is 14.5 Å². The van der Waals surface area contributed by atoms with E-state index in [4.69, 9.17) is 14.6 Å². The Bertz CT molecular complexity index is 1270. The Kier molecular flexibility index (Phi) is 5.25. The fourth-order valence-electron chi connectivity index (χ4n) is 2.94. The Hall–Kier alpha value is -3.11. The largest absolute Gasteiger partial charge is 0.493 e. The number of aromatic amines is 1. The molecular weight excluding hydrogens is 384 g/mol. The molecule has 148 valence electrons. The summed E-state index contributed by atoms with van der Waals surface area (Å²) < 4.78 is 34.2. The smallest absolute Gasteiger partial charge is 0.326 e. The van der Waals surface area contributed by atoms with Crippen LogP contribution >= 0.6 is 0 Å². The average molecular weight is 404 g/mol. The lowest BCUT2D eigenvalue weighted by Gasteiger charge is -2.10. The van der Waals surface area contributed by atoms with Crippen LogP contribution in [0, 0.1) is 0 Å². The maximum Gasteiger partial charge on any atom is 0.326 e. The van der Waals surface area contributed by atoms with Gasteiger partial charge in [-0.3, -0.25) is 9.55 Å². The van der Waals surface area contributed by atoms with Crippen LogP contribution in [0.2, 0.25) is 0 Å². The van der Waals surface area contributed by atoms with Gasteiger partial charge in [0, 0.05) is 23.4 Å². The number of methoxy groups -OCH3 is 2. The van der Waals surface area contributed by atoms with Crippen molar-refractivity contribution in [2.45, 2.75) is 13.5 Å². The Labute approximate surface area is 161 Å². The summed E-state index contributed by atoms with van der Waals surface area (Å²) in [5, 5.41) is 6.55. The van der Waals surface area contributed by atoms with E-state index in [1.807, 2.05) is 0 Å². The number of pyridine rings is 1. The van der Waals surface area contributed by atoms with E-state index in [2.05, 4.69) is 9.97 Å². The lowest BCUT2D eigenvalue weighted by Crippen LogP contribution is -2.17. The molecule has 0 aliphatic heterocycles. The van der Waals surface area contributed by atoms with E-state index in [-0.39, 0.29) is 12.2 Å². The Balaban J connectivity index is 2.16. The summed E-state index contributed by atoms with van der Waals surface area (Å²) in [5.41, 5.74) is 2.35. The Morgan fingerprint density at radius 1 is 1.29 bits per heavy atom. The summed E-state index contributed by atoms with van der Waals surface area (Å²) in [6.45, 7) is 2.03. The molecule has 0 fully saturated rings. The molecule has 3 N–H and O–H groups in total. The third kappa shape index (κ3) is 3.92. The minimum absolute atomic E-state index is 0.251. The zero-order valence-corrected chi connectivity index (χ0v) is 16.4. The lowest BCUT2D eigenvalue weighted by molar-refractivity contribution is 0.356. The normalized spacial score (nSPS) is 12.9. The first-order valence-electron chi connectivity index (χ1n) is 8.23. The number of sulfonamides is 1. The first-order chi connectivity index (χ1) is 13.2. The number of rotatable bonds is 6. The second-order valence-corrected chi connectivity index (χ2v) is 7.64. The zero-order valence-electron chi connectivity index (χ0n) is 15.6. The highest BCUT2D eigenvalue weighted by Crippen LogP contribution is 2.34. The fraction of sp³-hybridized carbons (Fsp3) is 0.222. The topological polar surface area (TPSA) is 129 Å². The van der Waals surface area contributed by atoms with E-state index in [9.17, 15) is 13.2 Å². The number of nitrogens with zero attached hydrogens (tertiary/aromatic N) is 2. The molecular formula is C18H20N4O5S. The van der Waals surface area contributed by atoms with Gasteiger partial charge in [0.05, 0.1) is 37.0 Å². The predicted octanol–water partition coefficient (Wildman–Crippen LogP) is 1.64. The van der Waals surface area contributed by atoms with Gasteiger partial charge in [0.15, 0.2) is 11.5 Å². The minimum Gasteiger partial charge on any atom is -0.493 e. The molecule has 3 rings (SSSR count). The van der Waals surface area contributed by atoms with Crippen LogP contribution in [0.5, 0.6) is 11.5 Å². The molecule has 9 nitrogen and oxygen atoms in total. The summed E-state index contributed by atoms with van der Waals surface area (Å²) in [6.07, 6.45) is 4.50. The van der Waals surface area contributed by atoms with Gasteiger partial charge in [-0.05, 0) is 19.1 Å². The van der Waals surface area contributed by atoms with Crippen LogP contribution < -0.4 is 20.3 Å². The second kappa shape index (κ2) is 7.49. The van der Waals surface area contributed by atoms with Gasteiger partial charge in [-0.2, -0.15) is 0 Å². The highest BCUT2D eigenvalue weighted by molar-refractivity contribution is 7.92. The molecule has 0 bridgehead atoms. The molecule has 0 unspecified atom stereocenters. The number of fused-ring (bicyclic) bond motifs is 3. The van der Waals surface area contributed by atoms with Crippen LogP contribution in [0.4, 0.5) is 0 Å². The van der Waals surface area contributed by atoms with Crippen LogP contribution in [-0.4, -0.2) is 37.2 Å². The van der Waals surface area contributed by atoms with Crippen molar-refractivity contribution in [1.82, 2.24) is 14.5 Å². The molecule has 10 heteroatoms. The van der Waals surface area contributed by atoms with Crippen LogP contribution in [0.15, 0.2) is 46.3 Å². The molecule has 28 heavy (non-hydrogen) atoms. The number of hydrogen-bond acceptors (Lipinski definition) is 6. The van der Waals surface area contributed by atoms with Crippen molar-refractivity contribution in [1.29, 1.82) is 0 Å². The fourth-order valence-corrected chi connectivity index (χ4v) is 3.24. The molecule has 0 aliphatic carbocycles. The highest BCUT2D eigenvalue weighted by atomic mass is 32.2. The van der Waals surface area contributed by atoms with E-state index >= 15 is 0 Å². The quantitative estimate of drug-likeness (QED) is 0.601. The van der Waals surface area contributed by atoms with Crippen LogP contribution in [0.3, 0.4) is 0 Å². The molecule has 1 aromatic carbocycles. The number of nitrogens with two attached hydrogens (primary N) is 1. The van der Waals surface area contributed by atoms with Crippen molar-refractivity contribution >= 4 is 32.0 Å². The Morgan fingerprint density at radius 3 is 2.61 bits per heavy atom. The first-order valence-corrected chi connectivity index (χ1v) is 9.84. The third-order valence-electron chi connectivity index (χ3n) is 4.16. The summed E-state index contributed by atoms with van der Waals surface area (Å²) in [5.74, 6) is 1.06. The van der Waals surface area contributed by atoms with E-state index < -0.39 is 10.0 Å². The van der Waals surface area contributed by atoms with Crippen LogP contribution in [-0.2, 0) is 16.6 Å². The predicted molar refractivity (Wildman–Crippen MR) is 107 cm³/mol. The lowest BCUT2D eigenvalue weighted by atomic mass is 10.1. The molecule has 0 radical (unpaired) electrons. The molecule has 0 spiro atoms. The van der Waals surface area contributed by atoms with Gasteiger partial charge in [-0.1, -0.05) is 11.6 Å². The summed E-state index contributed by atoms with van der Waals surface area (Å²) in [7, 11) is -0.628. The van der Waals surface area contributed by atoms with Crippen molar-refractivity contribution in [3.63, 3.8) is 0 Å². The monoisotopic (exact) mass is 404 g/mol. The summed E-state index contributed by atoms with van der Waals surface area (Å²) >= 11 is 0. The van der Waals surface area contributed by atoms with Gasteiger partial charge in [0.1, 0.15) is 0 Å². The van der Waals surface area contributed by atoms with Crippen molar-refractivity contribution < 1.29 is 17.9 Å². The first kappa shape index (κ1) is 19.6. The van der Waals surface area contributed by atoms with Crippen molar-refractivity contribution in [3.05, 3.63) is 51.9 Å². The number of allylic oxidation sites excluding steroid dienone is 3. The van der Waals surface area contributed by atoms with E-state index in [1.54, 1.807) is 35.9 Å². The maximum absolute atomic E-state index is 12.5. The van der Waals surface area contributed by atoms with Gasteiger partial charge in [-0.25, -0.2) is 18.4 Å². The molecule has 0 saturated heterocycles. The van der Waals surface area contributed by atoms with Gasteiger partial charge >= 0.3 is 5.69 Å². The summed E-state index contributed by atoms with van der Waals surface area (Å²) in [4.78, 5) is 19.7. The van der Waals surface area contributed by atoms with Gasteiger partial charge in [0.25, 0.3) is 0 Å². The number of H-pyrrole nitrogens is 1. The van der Waals surface area contributed by atoms with Crippen molar-refractivity contribution in [2.24, 2.45) is 5.14 Å². The molecule has 0 amide bonds. The molecule has 0 aliphatic rings. The minimum atomic E-state index is -3.70. The standard InChI is InChI=1S/C18H20N4O5S/c1-11(5-4-6-28(19,24)25)10-22-17-12-7-15(26-2)16(27-3)8-13(12)20-9-14(17)21-18(22)23/h4-9H,10H2,1-3H3,(H,21,23)(H2,19,24,25)/b6-4+,11-5+. The molecule has 0 saturated carbocycles. The number of ether oxygens (including phenoxy) is 2. The second-order valence-electron chi connectivity index (χ2n) is 6.19. The number of imidazole rings is 1. The maximum atomic E-state index is 12.5. The van der Waals surface area contributed by atoms with Gasteiger partial charge in [-0.15, -0.1) is 0 Å². The van der Waals surface area contributed by atoms with Gasteiger partial charge in [0.2, 0.25) is 10.0 Å². The van der Waals surface area contributed by atoms with E-state index in [0.29, 0.717) is 28.0 Å². The van der Waals surface area contributed by atoms with Crippen molar-refractivity contribution in [2.75, 3.05) is 14.2 Å². The molecule has 2 heterocycles. The number of primary sulfonamides is 1. The Morgan fingerprint density at radius 2 is 1.96 bits per heavy atom. The number of hydrogen-bond donors (Lipinski definition) is 2. The zero-order chi connectivity index (χ0) is 20.5. The average Bonchev–Trinajstić information content (AvgIpc) is 2.95. The van der Waals surface area contributed by atoms with E-state index in [0.717, 1.165) is 16.4 Å². The van der Waals surface area contributed by atoms with Crippen molar-refractivity contribution in [3.8, 4) is 11.5 Å². The number of benzene rings is 1. The SMILES string of the molecule is COc1cc2ncc3[nH]c(=O)n(C/C(C)=C/C=C/S(N)(=O)=O)c3c2cc1OC. The van der Waals surface area contributed by atoms with E-state index in [1.165, 1.54) is 20.3 Å². The third-order valence-corrected chi connectivity index (χ3v) is 4.69. The summed E-state index contributed by atoms with van der Waals surface area (Å²) in [6, 6.07) is 3.51. The molecule has 2 aromatic heterocycles. The number of aromatic nitrogens is 3. The molecule has 0 atom stereocenters. The van der Waals surface area contributed by atoms with Crippen LogP contribution in [0.25, 0.3) is 21.9 Å². The number of nitrogens with one attached hydrogen (secondary N) is 1. The molecule has 3 aromatic rings. The highest BCUT2D eigenvalue weighted by Gasteiger charge is 2.15.